The zero-order valence-corrected chi connectivity index (χ0v) is 11.3. The number of benzene rings is 2. The summed E-state index contributed by atoms with van der Waals surface area (Å²) in [6.45, 7) is 0. The van der Waals surface area contributed by atoms with Gasteiger partial charge in [-0.25, -0.2) is 17.2 Å². The first-order chi connectivity index (χ1) is 8.43. The molecule has 0 heterocycles. The molecule has 0 spiro atoms. The number of hydrogen-bond donors (Lipinski definition) is 0. The number of hydrogen-bond acceptors (Lipinski definition) is 2. The lowest BCUT2D eigenvalue weighted by Crippen LogP contribution is -2.05. The summed E-state index contributed by atoms with van der Waals surface area (Å²) in [7, 11) is -3.98. The Morgan fingerprint density at radius 3 is 2.17 bits per heavy atom. The molecule has 6 heteroatoms. The van der Waals surface area contributed by atoms with Gasteiger partial charge in [0.15, 0.2) is 5.82 Å². The average molecular weight is 333 g/mol. The molecule has 0 atom stereocenters. The van der Waals surface area contributed by atoms with Crippen molar-refractivity contribution in [2.75, 3.05) is 0 Å². The predicted octanol–water partition coefficient (Wildman–Crippen LogP) is 3.56. The van der Waals surface area contributed by atoms with Crippen LogP contribution >= 0.6 is 15.9 Å². The summed E-state index contributed by atoms with van der Waals surface area (Å²) in [6.07, 6.45) is 0. The van der Waals surface area contributed by atoms with Gasteiger partial charge >= 0.3 is 0 Å². The summed E-state index contributed by atoms with van der Waals surface area (Å²) < 4.78 is 50.8. The highest BCUT2D eigenvalue weighted by Crippen LogP contribution is 2.27. The quantitative estimate of drug-likeness (QED) is 0.788. The molecule has 0 fully saturated rings. The average Bonchev–Trinajstić information content (AvgIpc) is 2.33. The molecule has 0 saturated heterocycles. The molecule has 0 bridgehead atoms. The van der Waals surface area contributed by atoms with Crippen LogP contribution in [-0.2, 0) is 9.84 Å². The fourth-order valence-corrected chi connectivity index (χ4v) is 3.28. The summed E-state index contributed by atoms with van der Waals surface area (Å²) >= 11 is 2.92. The molecule has 2 aromatic carbocycles. The Morgan fingerprint density at radius 1 is 0.944 bits per heavy atom. The van der Waals surface area contributed by atoms with Crippen molar-refractivity contribution in [3.8, 4) is 0 Å². The van der Waals surface area contributed by atoms with Crippen molar-refractivity contribution in [2.24, 2.45) is 0 Å². The summed E-state index contributed by atoms with van der Waals surface area (Å²) in [4.78, 5) is -0.593. The van der Waals surface area contributed by atoms with E-state index in [1.807, 2.05) is 0 Å². The first-order valence-electron chi connectivity index (χ1n) is 4.87. The van der Waals surface area contributed by atoms with Gasteiger partial charge in [0.2, 0.25) is 9.84 Å². The maximum Gasteiger partial charge on any atom is 0.209 e. The standard InChI is InChI=1S/C12H7BrF2O2S/c13-10-2-1-3-11(12(10)15)18(16,17)9-6-4-8(14)5-7-9/h1-7H. The molecule has 0 radical (unpaired) electrons. The Morgan fingerprint density at radius 2 is 1.56 bits per heavy atom. The van der Waals surface area contributed by atoms with E-state index in [1.54, 1.807) is 0 Å². The second kappa shape index (κ2) is 4.78. The molecule has 0 N–H and O–H groups in total. The molecular weight excluding hydrogens is 326 g/mol. The Hall–Kier alpha value is -1.27. The lowest BCUT2D eigenvalue weighted by Gasteiger charge is -2.06. The van der Waals surface area contributed by atoms with Gasteiger partial charge in [-0.05, 0) is 52.3 Å². The van der Waals surface area contributed by atoms with Crippen LogP contribution in [0.1, 0.15) is 0 Å². The van der Waals surface area contributed by atoms with Crippen molar-refractivity contribution < 1.29 is 17.2 Å². The van der Waals surface area contributed by atoms with Gasteiger partial charge in [-0.15, -0.1) is 0 Å². The summed E-state index contributed by atoms with van der Waals surface area (Å²) in [6, 6.07) is 8.23. The minimum Gasteiger partial charge on any atom is -0.218 e. The minimum atomic E-state index is -3.98. The van der Waals surface area contributed by atoms with Gasteiger partial charge in [-0.2, -0.15) is 0 Å². The van der Waals surface area contributed by atoms with E-state index in [4.69, 9.17) is 0 Å². The smallest absolute Gasteiger partial charge is 0.209 e. The van der Waals surface area contributed by atoms with Crippen molar-refractivity contribution in [1.29, 1.82) is 0 Å². The van der Waals surface area contributed by atoms with Crippen molar-refractivity contribution in [3.63, 3.8) is 0 Å². The topological polar surface area (TPSA) is 34.1 Å². The molecule has 0 aromatic heterocycles. The number of halogens is 3. The third-order valence-corrected chi connectivity index (χ3v) is 4.73. The van der Waals surface area contributed by atoms with Crippen LogP contribution in [0.15, 0.2) is 56.7 Å². The van der Waals surface area contributed by atoms with E-state index < -0.39 is 26.4 Å². The zero-order valence-electron chi connectivity index (χ0n) is 8.90. The third kappa shape index (κ3) is 2.30. The second-order valence-electron chi connectivity index (χ2n) is 3.51. The molecule has 2 rings (SSSR count). The van der Waals surface area contributed by atoms with E-state index in [0.29, 0.717) is 0 Å². The lowest BCUT2D eigenvalue weighted by molar-refractivity contribution is 0.563. The number of rotatable bonds is 2. The molecule has 94 valence electrons. The summed E-state index contributed by atoms with van der Waals surface area (Å²) in [5, 5.41) is 0. The molecule has 0 saturated carbocycles. The Balaban J connectivity index is 2.62. The highest BCUT2D eigenvalue weighted by atomic mass is 79.9. The van der Waals surface area contributed by atoms with Gasteiger partial charge < -0.3 is 0 Å². The molecule has 2 nitrogen and oxygen atoms in total. The molecule has 0 aliphatic carbocycles. The maximum atomic E-state index is 13.8. The normalized spacial score (nSPS) is 11.5. The highest BCUT2D eigenvalue weighted by Gasteiger charge is 2.22. The van der Waals surface area contributed by atoms with Crippen molar-refractivity contribution in [1.82, 2.24) is 0 Å². The SMILES string of the molecule is O=S(=O)(c1ccc(F)cc1)c1cccc(Br)c1F. The van der Waals surface area contributed by atoms with Gasteiger partial charge in [0.1, 0.15) is 10.7 Å². The maximum absolute atomic E-state index is 13.8. The van der Waals surface area contributed by atoms with E-state index >= 15 is 0 Å². The van der Waals surface area contributed by atoms with Gasteiger partial charge in [0.25, 0.3) is 0 Å². The van der Waals surface area contributed by atoms with Crippen LogP contribution < -0.4 is 0 Å². The van der Waals surface area contributed by atoms with Crippen molar-refractivity contribution in [2.45, 2.75) is 9.79 Å². The summed E-state index contributed by atoms with van der Waals surface area (Å²) in [5.41, 5.74) is 0. The molecular formula is C12H7BrF2O2S. The first kappa shape index (κ1) is 13.2. The molecule has 2 aromatic rings. The zero-order chi connectivity index (χ0) is 13.3. The van der Waals surface area contributed by atoms with E-state index in [1.165, 1.54) is 18.2 Å². The lowest BCUT2D eigenvalue weighted by atomic mass is 10.3. The Labute approximate surface area is 111 Å². The van der Waals surface area contributed by atoms with Crippen LogP contribution in [0.3, 0.4) is 0 Å². The summed E-state index contributed by atoms with van der Waals surface area (Å²) in [5.74, 6) is -1.41. The molecule has 18 heavy (non-hydrogen) atoms. The fourth-order valence-electron chi connectivity index (χ4n) is 1.43. The van der Waals surface area contributed by atoms with Gasteiger partial charge in [-0.3, -0.25) is 0 Å². The van der Waals surface area contributed by atoms with Crippen molar-refractivity contribution in [3.05, 3.63) is 58.6 Å². The molecule has 0 aliphatic rings. The van der Waals surface area contributed by atoms with Crippen LogP contribution in [0.25, 0.3) is 0 Å². The molecule has 0 amide bonds. The highest BCUT2D eigenvalue weighted by molar-refractivity contribution is 9.10. The predicted molar refractivity (Wildman–Crippen MR) is 66.0 cm³/mol. The molecule has 0 unspecified atom stereocenters. The van der Waals surface area contributed by atoms with E-state index in [0.717, 1.165) is 24.3 Å². The fraction of sp³-hybridized carbons (Fsp3) is 0. The monoisotopic (exact) mass is 332 g/mol. The second-order valence-corrected chi connectivity index (χ2v) is 6.28. The van der Waals surface area contributed by atoms with Crippen LogP contribution in [0.4, 0.5) is 8.78 Å². The molecule has 0 aliphatic heterocycles. The van der Waals surface area contributed by atoms with Gasteiger partial charge in [0.05, 0.1) is 9.37 Å². The van der Waals surface area contributed by atoms with E-state index in [-0.39, 0.29) is 9.37 Å². The van der Waals surface area contributed by atoms with E-state index in [2.05, 4.69) is 15.9 Å². The minimum absolute atomic E-state index is 0.0608. The van der Waals surface area contributed by atoms with Gasteiger partial charge in [0, 0.05) is 0 Å². The van der Waals surface area contributed by atoms with Crippen LogP contribution in [0, 0.1) is 11.6 Å². The van der Waals surface area contributed by atoms with Crippen LogP contribution in [0.5, 0.6) is 0 Å². The Bertz CT molecular complexity index is 682. The Kier molecular flexibility index (Phi) is 3.49. The van der Waals surface area contributed by atoms with Crippen molar-refractivity contribution >= 4 is 25.8 Å². The van der Waals surface area contributed by atoms with Crippen LogP contribution in [0.2, 0.25) is 0 Å². The van der Waals surface area contributed by atoms with Gasteiger partial charge in [-0.1, -0.05) is 6.07 Å². The first-order valence-corrected chi connectivity index (χ1v) is 7.15. The third-order valence-electron chi connectivity index (χ3n) is 2.33. The van der Waals surface area contributed by atoms with E-state index in [9.17, 15) is 17.2 Å². The van der Waals surface area contributed by atoms with Crippen LogP contribution in [-0.4, -0.2) is 8.42 Å². The number of sulfone groups is 1. The largest absolute Gasteiger partial charge is 0.218 e.